The number of unbranched alkanes of at least 4 members (excludes halogenated alkanes) is 24. The molecule has 78 heavy (non-hydrogen) atoms. The molecule has 0 rings (SSSR count). The Balaban J connectivity index is 4.70. The molecule has 12 heteroatoms. The Morgan fingerprint density at radius 1 is 0.372 bits per heavy atom. The highest BCUT2D eigenvalue weighted by molar-refractivity contribution is 7.47. The van der Waals surface area contributed by atoms with Crippen molar-refractivity contribution in [1.29, 1.82) is 0 Å². The molecular weight excluding hydrogens is 1000 g/mol. The third kappa shape index (κ3) is 57.1. The van der Waals surface area contributed by atoms with E-state index in [2.05, 4.69) is 118 Å². The average Bonchev–Trinajstić information content (AvgIpc) is 3.43. The van der Waals surface area contributed by atoms with E-state index in [1.807, 2.05) is 0 Å². The summed E-state index contributed by atoms with van der Waals surface area (Å²) in [7, 11) is -4.76. The van der Waals surface area contributed by atoms with Crippen molar-refractivity contribution in [3.05, 3.63) is 97.2 Å². The van der Waals surface area contributed by atoms with Gasteiger partial charge in [-0.25, -0.2) is 4.57 Å². The highest BCUT2D eigenvalue weighted by Crippen LogP contribution is 2.43. The van der Waals surface area contributed by atoms with Gasteiger partial charge in [0.25, 0.3) is 0 Å². The van der Waals surface area contributed by atoms with E-state index in [9.17, 15) is 28.9 Å². The first-order valence-electron chi connectivity index (χ1n) is 31.1. The van der Waals surface area contributed by atoms with E-state index in [4.69, 9.17) is 23.3 Å². The van der Waals surface area contributed by atoms with Crippen LogP contribution in [0, 0.1) is 0 Å². The lowest BCUT2D eigenvalue weighted by Crippen LogP contribution is -2.30. The molecular formula is C66H113O11P. The first-order valence-corrected chi connectivity index (χ1v) is 32.6. The molecule has 0 aromatic heterocycles. The maximum atomic E-state index is 12.9. The number of rotatable bonds is 57. The molecule has 0 aliphatic heterocycles. The average molecular weight is 1110 g/mol. The number of hydrogen-bond donors (Lipinski definition) is 2. The molecule has 0 fully saturated rings. The smallest absolute Gasteiger partial charge is 0.462 e. The number of esters is 3. The predicted octanol–water partition coefficient (Wildman–Crippen LogP) is 18.8. The van der Waals surface area contributed by atoms with Gasteiger partial charge < -0.3 is 24.2 Å². The zero-order chi connectivity index (χ0) is 56.9. The molecule has 448 valence electrons. The summed E-state index contributed by atoms with van der Waals surface area (Å²) in [6, 6.07) is 0. The van der Waals surface area contributed by atoms with Gasteiger partial charge in [0.05, 0.1) is 19.8 Å². The molecule has 11 nitrogen and oxygen atoms in total. The van der Waals surface area contributed by atoms with E-state index < -0.39 is 57.8 Å². The molecule has 0 aliphatic carbocycles. The summed E-state index contributed by atoms with van der Waals surface area (Å²) in [5.41, 5.74) is 0. The van der Waals surface area contributed by atoms with Gasteiger partial charge in [-0.3, -0.25) is 23.4 Å². The van der Waals surface area contributed by atoms with Crippen LogP contribution in [0.5, 0.6) is 0 Å². The Bertz CT molecular complexity index is 1680. The molecule has 0 aromatic carbocycles. The molecule has 0 radical (unpaired) electrons. The van der Waals surface area contributed by atoms with E-state index in [1.165, 1.54) is 64.2 Å². The van der Waals surface area contributed by atoms with Crippen molar-refractivity contribution in [3.63, 3.8) is 0 Å². The topological polar surface area (TPSA) is 155 Å². The summed E-state index contributed by atoms with van der Waals surface area (Å²) in [5.74, 6) is -1.50. The van der Waals surface area contributed by atoms with E-state index in [0.29, 0.717) is 19.3 Å². The summed E-state index contributed by atoms with van der Waals surface area (Å²) >= 11 is 0. The lowest BCUT2D eigenvalue weighted by atomic mass is 10.1. The Morgan fingerprint density at radius 3 is 1.08 bits per heavy atom. The second-order valence-electron chi connectivity index (χ2n) is 20.5. The Labute approximate surface area is 476 Å². The Hall–Kier alpha value is -3.60. The van der Waals surface area contributed by atoms with Gasteiger partial charge in [0.2, 0.25) is 0 Å². The number of carbonyl (C=O) groups excluding carboxylic acids is 3. The second kappa shape index (κ2) is 59.5. The summed E-state index contributed by atoms with van der Waals surface area (Å²) in [5, 5.41) is 9.85. The van der Waals surface area contributed by atoms with Gasteiger partial charge in [0.15, 0.2) is 6.10 Å². The lowest BCUT2D eigenvalue weighted by molar-refractivity contribution is -0.161. The minimum Gasteiger partial charge on any atom is -0.462 e. The molecule has 3 unspecified atom stereocenters. The molecule has 0 bridgehead atoms. The third-order valence-electron chi connectivity index (χ3n) is 12.9. The number of hydrogen-bond acceptors (Lipinski definition) is 10. The van der Waals surface area contributed by atoms with Crippen LogP contribution in [0.1, 0.15) is 265 Å². The standard InChI is InChI=1S/C66H113O11P/c1-4-7-10-13-16-19-22-25-27-29-31-33-35-38-41-44-47-50-53-56-65(69)76-62(58-67)60-74-78(71,72)75-61-63(59-73-64(68)55-52-49-46-43-40-37-24-21-18-15-12-9-6-3)77-66(70)57-54-51-48-45-42-39-36-34-32-30-28-26-23-20-17-14-11-8-5-2/h8,11-12,15-17,19-21,24-28,32,34,62-63,67H,4-7,9-10,13-14,18,22-23,29-31,33,35-61H2,1-3H3,(H,71,72)/b11-8-,15-12-,19-16-,20-17-,24-21-,27-25-,28-26-,34-32-. The van der Waals surface area contributed by atoms with Gasteiger partial charge in [-0.15, -0.1) is 0 Å². The number of phosphoric ester groups is 1. The molecule has 0 heterocycles. The molecule has 0 aliphatic rings. The van der Waals surface area contributed by atoms with Gasteiger partial charge in [-0.2, -0.15) is 0 Å². The first kappa shape index (κ1) is 74.4. The summed E-state index contributed by atoms with van der Waals surface area (Å²) in [6.07, 6.45) is 70.7. The van der Waals surface area contributed by atoms with Crippen molar-refractivity contribution in [2.45, 2.75) is 277 Å². The number of aliphatic hydroxyl groups is 1. The van der Waals surface area contributed by atoms with Gasteiger partial charge in [0, 0.05) is 19.3 Å². The van der Waals surface area contributed by atoms with Crippen LogP contribution < -0.4 is 0 Å². The second-order valence-corrected chi connectivity index (χ2v) is 21.9. The predicted molar refractivity (Wildman–Crippen MR) is 325 cm³/mol. The summed E-state index contributed by atoms with van der Waals surface area (Å²) in [6.45, 7) is 4.42. The fourth-order valence-corrected chi connectivity index (χ4v) is 9.02. The van der Waals surface area contributed by atoms with E-state index >= 15 is 0 Å². The first-order chi connectivity index (χ1) is 38.2. The van der Waals surface area contributed by atoms with Gasteiger partial charge in [-0.1, -0.05) is 227 Å². The SMILES string of the molecule is CC/C=C\C/C=C\C/C=C\C/C=C\CCCCCCCCC(=O)OC(COC(=O)CCCCCCC/C=C\C/C=C\CCC)COP(=O)(O)OCC(CO)OC(=O)CCCCCCCCCCC/C=C\C/C=C\CCCCC. The van der Waals surface area contributed by atoms with E-state index in [1.54, 1.807) is 0 Å². The van der Waals surface area contributed by atoms with Crippen LogP contribution >= 0.6 is 7.82 Å². The molecule has 0 aromatic rings. The Kier molecular flexibility index (Phi) is 56.8. The molecule has 0 spiro atoms. The molecule has 3 atom stereocenters. The van der Waals surface area contributed by atoms with Crippen molar-refractivity contribution in [2.24, 2.45) is 0 Å². The van der Waals surface area contributed by atoms with Gasteiger partial charge in [-0.05, 0) is 116 Å². The monoisotopic (exact) mass is 1110 g/mol. The van der Waals surface area contributed by atoms with Crippen LogP contribution in [-0.4, -0.2) is 66.5 Å². The zero-order valence-corrected chi connectivity index (χ0v) is 50.5. The number of ether oxygens (including phenoxy) is 3. The minimum absolute atomic E-state index is 0.144. The van der Waals surface area contributed by atoms with Crippen LogP contribution in [0.3, 0.4) is 0 Å². The maximum absolute atomic E-state index is 12.9. The molecule has 2 N–H and O–H groups in total. The Morgan fingerprint density at radius 2 is 0.692 bits per heavy atom. The van der Waals surface area contributed by atoms with Crippen molar-refractivity contribution < 1.29 is 52.2 Å². The fourth-order valence-electron chi connectivity index (χ4n) is 8.24. The van der Waals surface area contributed by atoms with Crippen molar-refractivity contribution >= 4 is 25.7 Å². The van der Waals surface area contributed by atoms with Crippen LogP contribution in [0.25, 0.3) is 0 Å². The minimum atomic E-state index is -4.76. The molecule has 0 saturated carbocycles. The van der Waals surface area contributed by atoms with Gasteiger partial charge >= 0.3 is 25.7 Å². The summed E-state index contributed by atoms with van der Waals surface area (Å²) < 4.78 is 39.6. The van der Waals surface area contributed by atoms with Crippen molar-refractivity contribution in [2.75, 3.05) is 26.4 Å². The van der Waals surface area contributed by atoms with E-state index in [-0.39, 0.29) is 25.9 Å². The lowest BCUT2D eigenvalue weighted by Gasteiger charge is -2.21. The summed E-state index contributed by atoms with van der Waals surface area (Å²) in [4.78, 5) is 48.7. The largest absolute Gasteiger partial charge is 0.472 e. The quantitative estimate of drug-likeness (QED) is 0.0197. The number of aliphatic hydroxyl groups excluding tert-OH is 1. The van der Waals surface area contributed by atoms with Crippen molar-refractivity contribution in [1.82, 2.24) is 0 Å². The normalized spacial score (nSPS) is 14.0. The van der Waals surface area contributed by atoms with E-state index in [0.717, 1.165) is 141 Å². The molecule has 0 saturated heterocycles. The zero-order valence-electron chi connectivity index (χ0n) is 49.6. The molecule has 0 amide bonds. The van der Waals surface area contributed by atoms with Crippen molar-refractivity contribution in [3.8, 4) is 0 Å². The third-order valence-corrected chi connectivity index (χ3v) is 13.9. The van der Waals surface area contributed by atoms with Gasteiger partial charge in [0.1, 0.15) is 12.7 Å². The number of carbonyl (C=O) groups is 3. The maximum Gasteiger partial charge on any atom is 0.472 e. The number of allylic oxidation sites excluding steroid dienone is 16. The number of phosphoric acid groups is 1. The highest BCUT2D eigenvalue weighted by atomic mass is 31.2. The van der Waals surface area contributed by atoms with Crippen LogP contribution in [-0.2, 0) is 42.2 Å². The van der Waals surface area contributed by atoms with Crippen LogP contribution in [0.15, 0.2) is 97.2 Å². The van der Waals surface area contributed by atoms with Crippen LogP contribution in [0.2, 0.25) is 0 Å². The van der Waals surface area contributed by atoms with Crippen LogP contribution in [0.4, 0.5) is 0 Å². The fraction of sp³-hybridized carbons (Fsp3) is 0.712. The highest BCUT2D eigenvalue weighted by Gasteiger charge is 2.28.